The molecule has 0 spiro atoms. The van der Waals surface area contributed by atoms with Crippen LogP contribution in [0.25, 0.3) is 0 Å². The van der Waals surface area contributed by atoms with E-state index in [9.17, 15) is 14.4 Å². The average Bonchev–Trinajstić information content (AvgIpc) is 2.63. The van der Waals surface area contributed by atoms with Crippen LogP contribution in [0, 0.1) is 0 Å². The summed E-state index contributed by atoms with van der Waals surface area (Å²) in [4.78, 5) is 36.2. The minimum atomic E-state index is -0.950. The second kappa shape index (κ2) is 10.2. The molecular weight excluding hydrogens is 446 g/mol. The smallest absolute Gasteiger partial charge is 0.243 e. The Kier molecular flexibility index (Phi) is 8.02. The average molecular weight is 467 g/mol. The number of benzene rings is 2. The van der Waals surface area contributed by atoms with Crippen LogP contribution in [-0.4, -0.2) is 29.8 Å². The molecule has 2 aromatic carbocycles. The van der Waals surface area contributed by atoms with Crippen LogP contribution in [0.4, 0.5) is 0 Å². The monoisotopic (exact) mass is 465 g/mol. The molecule has 2 aromatic rings. The van der Waals surface area contributed by atoms with Crippen molar-refractivity contribution >= 4 is 45.3 Å². The normalized spacial score (nSPS) is 12.7. The summed E-state index contributed by atoms with van der Waals surface area (Å²) in [6, 6.07) is 12.7. The number of nitrogens with one attached hydrogen (secondary N) is 2. The van der Waals surface area contributed by atoms with Crippen molar-refractivity contribution in [2.45, 2.75) is 31.8 Å². The van der Waals surface area contributed by atoms with E-state index in [0.29, 0.717) is 11.4 Å². The molecule has 4 N–H and O–H groups in total. The van der Waals surface area contributed by atoms with Crippen LogP contribution in [0.1, 0.15) is 18.1 Å². The Morgan fingerprint density at radius 1 is 1.04 bits per heavy atom. The Bertz CT molecular complexity index is 861. The van der Waals surface area contributed by atoms with Crippen molar-refractivity contribution in [2.24, 2.45) is 5.73 Å². The van der Waals surface area contributed by atoms with Gasteiger partial charge in [-0.1, -0.05) is 57.9 Å². The van der Waals surface area contributed by atoms with E-state index in [1.807, 2.05) is 30.3 Å². The van der Waals surface area contributed by atoms with Crippen LogP contribution in [0.5, 0.6) is 0 Å². The van der Waals surface area contributed by atoms with Gasteiger partial charge in [0, 0.05) is 29.3 Å². The second-order valence-electron chi connectivity index (χ2n) is 6.35. The minimum absolute atomic E-state index is 0.167. The van der Waals surface area contributed by atoms with Crippen LogP contribution >= 0.6 is 27.5 Å². The van der Waals surface area contributed by atoms with E-state index in [0.717, 1.165) is 15.6 Å². The molecule has 0 aromatic heterocycles. The summed E-state index contributed by atoms with van der Waals surface area (Å²) in [5, 5.41) is 5.78. The fourth-order valence-electron chi connectivity index (χ4n) is 2.72. The third-order valence-electron chi connectivity index (χ3n) is 4.07. The van der Waals surface area contributed by atoms with Crippen molar-refractivity contribution in [3.8, 4) is 0 Å². The van der Waals surface area contributed by atoms with Crippen LogP contribution < -0.4 is 16.4 Å². The molecule has 0 aliphatic rings. The van der Waals surface area contributed by atoms with E-state index in [1.165, 1.54) is 6.92 Å². The molecule has 2 rings (SSSR count). The molecule has 6 nitrogen and oxygen atoms in total. The maximum atomic E-state index is 12.8. The number of primary amides is 1. The van der Waals surface area contributed by atoms with Gasteiger partial charge in [-0.05, 0) is 29.3 Å². The number of carbonyl (C=O) groups excluding carboxylic acids is 3. The van der Waals surface area contributed by atoms with Gasteiger partial charge in [0.2, 0.25) is 17.7 Å². The Labute approximate surface area is 177 Å². The molecule has 0 unspecified atom stereocenters. The summed E-state index contributed by atoms with van der Waals surface area (Å²) in [6.45, 7) is 1.33. The lowest BCUT2D eigenvalue weighted by atomic mass is 10.0. The first-order valence-electron chi connectivity index (χ1n) is 8.61. The van der Waals surface area contributed by atoms with Gasteiger partial charge in [0.05, 0.1) is 0 Å². The highest BCUT2D eigenvalue weighted by Crippen LogP contribution is 2.22. The number of hydrogen-bond acceptors (Lipinski definition) is 3. The summed E-state index contributed by atoms with van der Waals surface area (Å²) in [5.41, 5.74) is 7.10. The molecule has 3 amide bonds. The quantitative estimate of drug-likeness (QED) is 0.556. The predicted octanol–water partition coefficient (Wildman–Crippen LogP) is 2.36. The summed E-state index contributed by atoms with van der Waals surface area (Å²) in [5.74, 6) is -1.51. The van der Waals surface area contributed by atoms with E-state index in [4.69, 9.17) is 17.3 Å². The fourth-order valence-corrected chi connectivity index (χ4v) is 3.32. The highest BCUT2D eigenvalue weighted by atomic mass is 79.9. The predicted molar refractivity (Wildman–Crippen MR) is 112 cm³/mol. The molecule has 8 heteroatoms. The van der Waals surface area contributed by atoms with Crippen molar-refractivity contribution in [3.63, 3.8) is 0 Å². The zero-order chi connectivity index (χ0) is 20.7. The zero-order valence-corrected chi connectivity index (χ0v) is 17.6. The molecule has 0 heterocycles. The van der Waals surface area contributed by atoms with Gasteiger partial charge < -0.3 is 16.4 Å². The molecule has 148 valence electrons. The molecule has 0 radical (unpaired) electrons. The lowest BCUT2D eigenvalue weighted by molar-refractivity contribution is -0.130. The fraction of sp³-hybridized carbons (Fsp3) is 0.250. The second-order valence-corrected chi connectivity index (χ2v) is 7.64. The Hall–Kier alpha value is -2.38. The van der Waals surface area contributed by atoms with E-state index >= 15 is 0 Å². The minimum Gasteiger partial charge on any atom is -0.368 e. The number of amides is 3. The van der Waals surface area contributed by atoms with Gasteiger partial charge in [0.15, 0.2) is 0 Å². The first kappa shape index (κ1) is 21.9. The Balaban J connectivity index is 2.16. The van der Waals surface area contributed by atoms with Gasteiger partial charge in [-0.3, -0.25) is 14.4 Å². The Morgan fingerprint density at radius 2 is 1.71 bits per heavy atom. The molecule has 0 saturated carbocycles. The molecule has 0 aliphatic carbocycles. The number of nitrogens with two attached hydrogens (primary N) is 1. The third-order valence-corrected chi connectivity index (χ3v) is 5.08. The molecule has 0 aliphatic heterocycles. The molecule has 2 atom stereocenters. The maximum Gasteiger partial charge on any atom is 0.243 e. The molecule has 28 heavy (non-hydrogen) atoms. The lowest BCUT2D eigenvalue weighted by Gasteiger charge is -2.22. The standard InChI is InChI=1S/C20H21BrClN3O3/c1-12(26)24-18(9-13-5-3-2-4-6-13)20(28)25-17(19(23)27)11-14-10-15(22)7-8-16(14)21/h2-8,10,17-18H,9,11H2,1H3,(H2,23,27)(H,24,26)(H,25,28)/t17-,18+/m0/s1. The SMILES string of the molecule is CC(=O)N[C@H](Cc1ccccc1)C(=O)N[C@@H](Cc1cc(Cl)ccc1Br)C(N)=O. The van der Waals surface area contributed by atoms with E-state index < -0.39 is 23.9 Å². The van der Waals surface area contributed by atoms with Gasteiger partial charge in [-0.15, -0.1) is 0 Å². The molecule has 0 fully saturated rings. The van der Waals surface area contributed by atoms with Crippen LogP contribution in [0.15, 0.2) is 53.0 Å². The number of rotatable bonds is 8. The topological polar surface area (TPSA) is 101 Å². The van der Waals surface area contributed by atoms with Gasteiger partial charge in [0.25, 0.3) is 0 Å². The zero-order valence-electron chi connectivity index (χ0n) is 15.2. The summed E-state index contributed by atoms with van der Waals surface area (Å²) >= 11 is 9.41. The van der Waals surface area contributed by atoms with Gasteiger partial charge in [0.1, 0.15) is 12.1 Å². The maximum absolute atomic E-state index is 12.8. The number of carbonyl (C=O) groups is 3. The van der Waals surface area contributed by atoms with Crippen LogP contribution in [-0.2, 0) is 27.2 Å². The van der Waals surface area contributed by atoms with Gasteiger partial charge in [-0.25, -0.2) is 0 Å². The summed E-state index contributed by atoms with van der Waals surface area (Å²) < 4.78 is 0.750. The number of hydrogen-bond donors (Lipinski definition) is 3. The van der Waals surface area contributed by atoms with Crippen LogP contribution in [0.2, 0.25) is 5.02 Å². The van der Waals surface area contributed by atoms with Crippen molar-refractivity contribution in [1.82, 2.24) is 10.6 Å². The first-order chi connectivity index (χ1) is 13.3. The van der Waals surface area contributed by atoms with E-state index in [2.05, 4.69) is 26.6 Å². The van der Waals surface area contributed by atoms with Crippen LogP contribution in [0.3, 0.4) is 0 Å². The van der Waals surface area contributed by atoms with E-state index in [1.54, 1.807) is 18.2 Å². The molecule has 0 bridgehead atoms. The Morgan fingerprint density at radius 3 is 2.32 bits per heavy atom. The largest absolute Gasteiger partial charge is 0.368 e. The third kappa shape index (κ3) is 6.65. The van der Waals surface area contributed by atoms with Crippen molar-refractivity contribution in [3.05, 3.63) is 69.2 Å². The molecular formula is C20H21BrClN3O3. The highest BCUT2D eigenvalue weighted by molar-refractivity contribution is 9.10. The van der Waals surface area contributed by atoms with Crippen molar-refractivity contribution < 1.29 is 14.4 Å². The number of halogens is 2. The molecule has 0 saturated heterocycles. The van der Waals surface area contributed by atoms with Gasteiger partial charge in [-0.2, -0.15) is 0 Å². The lowest BCUT2D eigenvalue weighted by Crippen LogP contribution is -2.54. The van der Waals surface area contributed by atoms with Crippen molar-refractivity contribution in [1.29, 1.82) is 0 Å². The summed E-state index contributed by atoms with van der Waals surface area (Å²) in [7, 11) is 0. The first-order valence-corrected chi connectivity index (χ1v) is 9.78. The van der Waals surface area contributed by atoms with Gasteiger partial charge >= 0.3 is 0 Å². The van der Waals surface area contributed by atoms with E-state index in [-0.39, 0.29) is 12.3 Å². The van der Waals surface area contributed by atoms with Crippen molar-refractivity contribution in [2.75, 3.05) is 0 Å². The summed E-state index contributed by atoms with van der Waals surface area (Å²) in [6.07, 6.45) is 0.457. The highest BCUT2D eigenvalue weighted by Gasteiger charge is 2.26.